The fraction of sp³-hybridized carbons (Fsp3) is 0.667. The highest BCUT2D eigenvalue weighted by Crippen LogP contribution is 2.30. The van der Waals surface area contributed by atoms with Crippen LogP contribution in [0.3, 0.4) is 0 Å². The molecule has 8 nitrogen and oxygen atoms in total. The number of carbonyl (C=O) groups excluding carboxylic acids is 1. The maximum atomic E-state index is 13.5. The van der Waals surface area contributed by atoms with Crippen molar-refractivity contribution in [2.45, 2.75) is 70.1 Å². The average Bonchev–Trinajstić information content (AvgIpc) is 2.73. The van der Waals surface area contributed by atoms with Gasteiger partial charge in [-0.05, 0) is 44.7 Å². The van der Waals surface area contributed by atoms with E-state index >= 15 is 0 Å². The van der Waals surface area contributed by atoms with E-state index < -0.39 is 31.6 Å². The Labute approximate surface area is 187 Å². The molecule has 1 aromatic carbocycles. The minimum atomic E-state index is -4.10. The van der Waals surface area contributed by atoms with Crippen LogP contribution in [0.25, 0.3) is 0 Å². The van der Waals surface area contributed by atoms with Crippen LogP contribution < -0.4 is 0 Å². The van der Waals surface area contributed by atoms with Gasteiger partial charge >= 0.3 is 5.97 Å². The summed E-state index contributed by atoms with van der Waals surface area (Å²) >= 11 is 0. The van der Waals surface area contributed by atoms with Crippen molar-refractivity contribution in [1.82, 2.24) is 8.61 Å². The van der Waals surface area contributed by atoms with Gasteiger partial charge in [-0.1, -0.05) is 33.8 Å². The van der Waals surface area contributed by atoms with Crippen molar-refractivity contribution in [3.8, 4) is 0 Å². The number of carbonyl (C=O) groups is 1. The highest BCUT2D eigenvalue weighted by atomic mass is 32.2. The topological polar surface area (TPSA) is 101 Å². The average molecular weight is 477 g/mol. The first-order chi connectivity index (χ1) is 14.6. The number of hydrogen-bond donors (Lipinski definition) is 0. The molecule has 0 aliphatic carbocycles. The lowest BCUT2D eigenvalue weighted by molar-refractivity contribution is 0.0516. The molecule has 0 aliphatic heterocycles. The Morgan fingerprint density at radius 1 is 0.742 bits per heavy atom. The molecule has 10 heteroatoms. The van der Waals surface area contributed by atoms with Crippen molar-refractivity contribution < 1.29 is 26.4 Å². The smallest absolute Gasteiger partial charge is 0.340 e. The molecule has 0 N–H and O–H groups in total. The molecule has 1 aromatic rings. The lowest BCUT2D eigenvalue weighted by Crippen LogP contribution is -2.36. The molecule has 0 bridgehead atoms. The second kappa shape index (κ2) is 12.5. The Balaban J connectivity index is 3.83. The summed E-state index contributed by atoms with van der Waals surface area (Å²) in [5.74, 6) is -0.957. The van der Waals surface area contributed by atoms with Crippen LogP contribution >= 0.6 is 0 Å². The van der Waals surface area contributed by atoms with E-state index in [0.29, 0.717) is 25.7 Å². The third-order valence-electron chi connectivity index (χ3n) is 4.60. The van der Waals surface area contributed by atoms with E-state index in [0.717, 1.165) is 0 Å². The number of sulfonamides is 2. The second-order valence-corrected chi connectivity index (χ2v) is 11.0. The zero-order valence-corrected chi connectivity index (χ0v) is 20.9. The highest BCUT2D eigenvalue weighted by molar-refractivity contribution is 7.90. The summed E-state index contributed by atoms with van der Waals surface area (Å²) in [6.45, 7) is 10.1. The van der Waals surface area contributed by atoms with Gasteiger partial charge in [0.15, 0.2) is 0 Å². The van der Waals surface area contributed by atoms with E-state index in [9.17, 15) is 21.6 Å². The van der Waals surface area contributed by atoms with E-state index in [1.165, 1.54) is 26.8 Å². The number of ether oxygens (including phenoxy) is 1. The molecule has 0 heterocycles. The summed E-state index contributed by atoms with van der Waals surface area (Å²) in [6, 6.07) is 3.93. The normalized spacial score (nSPS) is 12.5. The van der Waals surface area contributed by atoms with Gasteiger partial charge in [0, 0.05) is 26.2 Å². The Bertz CT molecular complexity index is 853. The van der Waals surface area contributed by atoms with Crippen molar-refractivity contribution in [3.05, 3.63) is 23.8 Å². The molecule has 0 aromatic heterocycles. The van der Waals surface area contributed by atoms with Crippen molar-refractivity contribution in [1.29, 1.82) is 0 Å². The Hall–Kier alpha value is -1.49. The van der Waals surface area contributed by atoms with E-state index in [-0.39, 0.29) is 42.6 Å². The Morgan fingerprint density at radius 2 is 1.10 bits per heavy atom. The quantitative estimate of drug-likeness (QED) is 0.381. The fourth-order valence-corrected chi connectivity index (χ4v) is 7.04. The lowest BCUT2D eigenvalue weighted by atomic mass is 10.2. The standard InChI is InChI=1S/C21H36N2O6S2/c1-6-14-22(15-7-2)30(25,26)18-12-11-13-19(20(18)21(24)29-10-5)31(27,28)23(16-8-3)17-9-4/h11-13H,6-10,14-17H2,1-5H3. The summed E-state index contributed by atoms with van der Waals surface area (Å²) in [7, 11) is -8.21. The van der Waals surface area contributed by atoms with Crippen molar-refractivity contribution >= 4 is 26.0 Å². The summed E-state index contributed by atoms with van der Waals surface area (Å²) < 4.78 is 61.5. The molecule has 0 aliphatic rings. The predicted molar refractivity (Wildman–Crippen MR) is 121 cm³/mol. The molecule has 0 unspecified atom stereocenters. The van der Waals surface area contributed by atoms with Crippen LogP contribution in [0.4, 0.5) is 0 Å². The Morgan fingerprint density at radius 3 is 1.39 bits per heavy atom. The number of benzene rings is 1. The van der Waals surface area contributed by atoms with Gasteiger partial charge in [0.05, 0.1) is 22.0 Å². The van der Waals surface area contributed by atoms with Gasteiger partial charge in [0.25, 0.3) is 0 Å². The molecular formula is C21H36N2O6S2. The van der Waals surface area contributed by atoms with Gasteiger partial charge in [-0.25, -0.2) is 21.6 Å². The molecule has 0 radical (unpaired) electrons. The van der Waals surface area contributed by atoms with Gasteiger partial charge in [-0.3, -0.25) is 0 Å². The van der Waals surface area contributed by atoms with E-state index in [4.69, 9.17) is 4.74 Å². The third kappa shape index (κ3) is 6.50. The van der Waals surface area contributed by atoms with Crippen molar-refractivity contribution in [2.75, 3.05) is 32.8 Å². The van der Waals surface area contributed by atoms with Crippen LogP contribution in [0, 0.1) is 0 Å². The minimum absolute atomic E-state index is 0.00598. The third-order valence-corrected chi connectivity index (χ3v) is 8.48. The van der Waals surface area contributed by atoms with Gasteiger partial charge in [0.2, 0.25) is 20.0 Å². The zero-order chi connectivity index (χ0) is 23.7. The zero-order valence-electron chi connectivity index (χ0n) is 19.3. The van der Waals surface area contributed by atoms with Crippen LogP contribution in [0.2, 0.25) is 0 Å². The van der Waals surface area contributed by atoms with Crippen LogP contribution in [0.5, 0.6) is 0 Å². The monoisotopic (exact) mass is 476 g/mol. The summed E-state index contributed by atoms with van der Waals surface area (Å²) in [6.07, 6.45) is 2.36. The molecule has 0 atom stereocenters. The van der Waals surface area contributed by atoms with Crippen LogP contribution in [-0.4, -0.2) is 64.2 Å². The molecule has 0 spiro atoms. The number of esters is 1. The first-order valence-corrected chi connectivity index (χ1v) is 13.8. The summed E-state index contributed by atoms with van der Waals surface area (Å²) in [4.78, 5) is 12.2. The van der Waals surface area contributed by atoms with E-state index in [1.54, 1.807) is 6.92 Å². The SMILES string of the molecule is CCCN(CCC)S(=O)(=O)c1cccc(S(=O)(=O)N(CCC)CCC)c1C(=O)OCC. The summed E-state index contributed by atoms with van der Waals surface area (Å²) in [5.41, 5.74) is -0.418. The largest absolute Gasteiger partial charge is 0.462 e. The molecule has 1 rings (SSSR count). The molecule has 0 saturated heterocycles. The summed E-state index contributed by atoms with van der Waals surface area (Å²) in [5, 5.41) is 0. The molecule has 0 saturated carbocycles. The van der Waals surface area contributed by atoms with Crippen LogP contribution in [0.1, 0.15) is 70.7 Å². The molecule has 178 valence electrons. The molecule has 31 heavy (non-hydrogen) atoms. The van der Waals surface area contributed by atoms with Gasteiger partial charge in [0.1, 0.15) is 0 Å². The second-order valence-electron chi connectivity index (χ2n) is 7.16. The molecular weight excluding hydrogens is 440 g/mol. The first kappa shape index (κ1) is 27.5. The fourth-order valence-electron chi connectivity index (χ4n) is 3.33. The number of rotatable bonds is 14. The van der Waals surface area contributed by atoms with Crippen molar-refractivity contribution in [2.24, 2.45) is 0 Å². The highest BCUT2D eigenvalue weighted by Gasteiger charge is 2.36. The van der Waals surface area contributed by atoms with E-state index in [2.05, 4.69) is 0 Å². The number of hydrogen-bond acceptors (Lipinski definition) is 6. The van der Waals surface area contributed by atoms with Gasteiger partial charge < -0.3 is 4.74 Å². The van der Waals surface area contributed by atoms with Crippen molar-refractivity contribution in [3.63, 3.8) is 0 Å². The molecule has 0 amide bonds. The van der Waals surface area contributed by atoms with Gasteiger partial charge in [-0.15, -0.1) is 0 Å². The predicted octanol–water partition coefficient (Wildman–Crippen LogP) is 3.48. The van der Waals surface area contributed by atoms with E-state index in [1.807, 2.05) is 27.7 Å². The number of nitrogens with zero attached hydrogens (tertiary/aromatic N) is 2. The Kier molecular flexibility index (Phi) is 11.1. The van der Waals surface area contributed by atoms with Crippen LogP contribution in [-0.2, 0) is 24.8 Å². The molecule has 0 fully saturated rings. The lowest BCUT2D eigenvalue weighted by Gasteiger charge is -2.25. The maximum Gasteiger partial charge on any atom is 0.340 e. The maximum absolute atomic E-state index is 13.5. The first-order valence-electron chi connectivity index (χ1n) is 10.9. The van der Waals surface area contributed by atoms with Gasteiger partial charge in [-0.2, -0.15) is 8.61 Å². The van der Waals surface area contributed by atoms with Crippen LogP contribution in [0.15, 0.2) is 28.0 Å². The minimum Gasteiger partial charge on any atom is -0.462 e.